The number of hydrogen-bond donors (Lipinski definition) is 3. The van der Waals surface area contributed by atoms with Crippen molar-refractivity contribution in [1.82, 2.24) is 5.32 Å². The zero-order chi connectivity index (χ0) is 14.0. The van der Waals surface area contributed by atoms with Crippen LogP contribution in [-0.2, 0) is 9.59 Å². The molecular formula is C13H16N2O4. The Balaban J connectivity index is 2.07. The third kappa shape index (κ3) is 3.03. The Morgan fingerprint density at radius 2 is 2.05 bits per heavy atom. The molecule has 0 spiro atoms. The number of anilines is 1. The smallest absolute Gasteiger partial charge is 0.227 e. The van der Waals surface area contributed by atoms with Crippen LogP contribution in [0.4, 0.5) is 5.69 Å². The molecule has 1 saturated heterocycles. The lowest BCUT2D eigenvalue weighted by Gasteiger charge is -2.17. The molecule has 3 N–H and O–H groups in total. The summed E-state index contributed by atoms with van der Waals surface area (Å²) < 4.78 is 0. The fourth-order valence-electron chi connectivity index (χ4n) is 2.09. The predicted octanol–water partition coefficient (Wildman–Crippen LogP) is 0.200. The van der Waals surface area contributed by atoms with Gasteiger partial charge in [0, 0.05) is 18.7 Å². The maximum Gasteiger partial charge on any atom is 0.227 e. The molecule has 1 aliphatic rings. The van der Waals surface area contributed by atoms with E-state index in [1.165, 1.54) is 24.0 Å². The molecule has 0 saturated carbocycles. The highest BCUT2D eigenvalue weighted by molar-refractivity contribution is 6.00. The summed E-state index contributed by atoms with van der Waals surface area (Å²) in [5.74, 6) is -0.809. The van der Waals surface area contributed by atoms with Gasteiger partial charge in [-0.3, -0.25) is 9.59 Å². The fourth-order valence-corrected chi connectivity index (χ4v) is 2.09. The normalized spacial score (nSPS) is 20.4. The van der Waals surface area contributed by atoms with Crippen LogP contribution in [0.1, 0.15) is 13.3 Å². The summed E-state index contributed by atoms with van der Waals surface area (Å²) in [6.07, 6.45) is -0.801. The number of benzene rings is 1. The van der Waals surface area contributed by atoms with E-state index in [-0.39, 0.29) is 30.5 Å². The van der Waals surface area contributed by atoms with E-state index in [1.54, 1.807) is 12.1 Å². The Hall–Kier alpha value is -2.08. The second kappa shape index (κ2) is 5.27. The maximum atomic E-state index is 11.9. The standard InChI is InChI=1S/C13H16N2O4/c1-8(16)14-13(19)9-6-12(18)15(7-9)10-2-4-11(17)5-3-10/h2-5,8-9,16-17H,6-7H2,1H3,(H,14,19)/t8-,9-/m1/s1. The second-order valence-electron chi connectivity index (χ2n) is 4.61. The van der Waals surface area contributed by atoms with Crippen LogP contribution >= 0.6 is 0 Å². The highest BCUT2D eigenvalue weighted by atomic mass is 16.3. The number of nitrogens with one attached hydrogen (secondary N) is 1. The molecule has 1 fully saturated rings. The van der Waals surface area contributed by atoms with Crippen LogP contribution in [0.5, 0.6) is 5.75 Å². The first-order valence-corrected chi connectivity index (χ1v) is 6.05. The van der Waals surface area contributed by atoms with Gasteiger partial charge in [-0.1, -0.05) is 0 Å². The van der Waals surface area contributed by atoms with Crippen molar-refractivity contribution < 1.29 is 19.8 Å². The third-order valence-corrected chi connectivity index (χ3v) is 3.01. The fraction of sp³-hybridized carbons (Fsp3) is 0.385. The van der Waals surface area contributed by atoms with Crippen molar-refractivity contribution in [3.63, 3.8) is 0 Å². The molecule has 0 radical (unpaired) electrons. The minimum Gasteiger partial charge on any atom is -0.508 e. The molecular weight excluding hydrogens is 248 g/mol. The van der Waals surface area contributed by atoms with Crippen molar-refractivity contribution in [2.75, 3.05) is 11.4 Å². The Morgan fingerprint density at radius 1 is 1.42 bits per heavy atom. The zero-order valence-corrected chi connectivity index (χ0v) is 10.5. The number of phenolic OH excluding ortho intramolecular Hbond substituents is 1. The summed E-state index contributed by atoms with van der Waals surface area (Å²) in [6, 6.07) is 6.24. The van der Waals surface area contributed by atoms with E-state index in [9.17, 15) is 14.7 Å². The average Bonchev–Trinajstić information content (AvgIpc) is 2.72. The van der Waals surface area contributed by atoms with Crippen molar-refractivity contribution in [2.45, 2.75) is 19.6 Å². The molecule has 0 aromatic heterocycles. The van der Waals surface area contributed by atoms with Gasteiger partial charge in [0.05, 0.1) is 5.92 Å². The van der Waals surface area contributed by atoms with Crippen LogP contribution in [0.25, 0.3) is 0 Å². The number of amides is 2. The lowest BCUT2D eigenvalue weighted by atomic mass is 10.1. The Kier molecular flexibility index (Phi) is 3.71. The van der Waals surface area contributed by atoms with Gasteiger partial charge in [0.15, 0.2) is 0 Å². The number of aromatic hydroxyl groups is 1. The SMILES string of the molecule is C[C@@H](O)NC(=O)[C@@H]1CC(=O)N(c2ccc(O)cc2)C1. The van der Waals surface area contributed by atoms with Gasteiger partial charge in [-0.15, -0.1) is 0 Å². The second-order valence-corrected chi connectivity index (χ2v) is 4.61. The van der Waals surface area contributed by atoms with E-state index >= 15 is 0 Å². The van der Waals surface area contributed by atoms with Crippen LogP contribution in [0.3, 0.4) is 0 Å². The number of rotatable bonds is 3. The van der Waals surface area contributed by atoms with Crippen LogP contribution in [0, 0.1) is 5.92 Å². The van der Waals surface area contributed by atoms with Crippen molar-refractivity contribution in [1.29, 1.82) is 0 Å². The summed E-state index contributed by atoms with van der Waals surface area (Å²) in [7, 11) is 0. The van der Waals surface area contributed by atoms with Crippen LogP contribution in [0.15, 0.2) is 24.3 Å². The predicted molar refractivity (Wildman–Crippen MR) is 68.4 cm³/mol. The molecule has 1 aromatic carbocycles. The molecule has 1 aromatic rings. The number of aliphatic hydroxyl groups is 1. The van der Waals surface area contributed by atoms with Gasteiger partial charge in [-0.2, -0.15) is 0 Å². The Bertz CT molecular complexity index is 484. The van der Waals surface area contributed by atoms with E-state index in [0.717, 1.165) is 0 Å². The number of aliphatic hydroxyl groups excluding tert-OH is 1. The zero-order valence-electron chi connectivity index (χ0n) is 10.5. The van der Waals surface area contributed by atoms with Crippen LogP contribution < -0.4 is 10.2 Å². The Labute approximate surface area is 110 Å². The van der Waals surface area contributed by atoms with Gasteiger partial charge >= 0.3 is 0 Å². The first-order valence-electron chi connectivity index (χ1n) is 6.05. The summed E-state index contributed by atoms with van der Waals surface area (Å²) in [5.41, 5.74) is 0.648. The summed E-state index contributed by atoms with van der Waals surface area (Å²) >= 11 is 0. The number of phenols is 1. The van der Waals surface area contributed by atoms with E-state index in [0.29, 0.717) is 5.69 Å². The molecule has 6 nitrogen and oxygen atoms in total. The number of carbonyl (C=O) groups is 2. The lowest BCUT2D eigenvalue weighted by molar-refractivity contribution is -0.128. The molecule has 1 heterocycles. The van der Waals surface area contributed by atoms with Gasteiger partial charge in [0.2, 0.25) is 11.8 Å². The van der Waals surface area contributed by atoms with Gasteiger partial charge < -0.3 is 20.4 Å². The minimum atomic E-state index is -0.926. The van der Waals surface area contributed by atoms with E-state index < -0.39 is 12.1 Å². The van der Waals surface area contributed by atoms with Crippen molar-refractivity contribution in [2.24, 2.45) is 5.92 Å². The third-order valence-electron chi connectivity index (χ3n) is 3.01. The molecule has 2 rings (SSSR count). The molecule has 6 heteroatoms. The Morgan fingerprint density at radius 3 is 2.63 bits per heavy atom. The van der Waals surface area contributed by atoms with Crippen molar-refractivity contribution in [3.05, 3.63) is 24.3 Å². The highest BCUT2D eigenvalue weighted by Crippen LogP contribution is 2.26. The largest absolute Gasteiger partial charge is 0.508 e. The first kappa shape index (κ1) is 13.4. The average molecular weight is 264 g/mol. The van der Waals surface area contributed by atoms with Gasteiger partial charge in [0.1, 0.15) is 12.0 Å². The van der Waals surface area contributed by atoms with Gasteiger partial charge in [0.25, 0.3) is 0 Å². The lowest BCUT2D eigenvalue weighted by Crippen LogP contribution is -2.38. The molecule has 2 atom stereocenters. The number of nitrogens with zero attached hydrogens (tertiary/aromatic N) is 1. The van der Waals surface area contributed by atoms with Gasteiger partial charge in [-0.25, -0.2) is 0 Å². The molecule has 102 valence electrons. The molecule has 0 bridgehead atoms. The number of carbonyl (C=O) groups excluding carboxylic acids is 2. The minimum absolute atomic E-state index is 0.124. The van der Waals surface area contributed by atoms with E-state index in [1.807, 2.05) is 0 Å². The quantitative estimate of drug-likeness (QED) is 0.680. The molecule has 1 aliphatic heterocycles. The monoisotopic (exact) mass is 264 g/mol. The van der Waals surface area contributed by atoms with Crippen LogP contribution in [0.2, 0.25) is 0 Å². The van der Waals surface area contributed by atoms with E-state index in [4.69, 9.17) is 5.11 Å². The molecule has 0 aliphatic carbocycles. The maximum absolute atomic E-state index is 11.9. The highest BCUT2D eigenvalue weighted by Gasteiger charge is 2.35. The summed E-state index contributed by atoms with van der Waals surface area (Å²) in [4.78, 5) is 25.1. The van der Waals surface area contributed by atoms with Crippen molar-refractivity contribution in [3.8, 4) is 5.75 Å². The summed E-state index contributed by atoms with van der Waals surface area (Å²) in [5, 5.41) is 20.7. The van der Waals surface area contributed by atoms with E-state index in [2.05, 4.69) is 5.32 Å². The summed E-state index contributed by atoms with van der Waals surface area (Å²) in [6.45, 7) is 1.73. The molecule has 0 unspecified atom stereocenters. The molecule has 19 heavy (non-hydrogen) atoms. The topological polar surface area (TPSA) is 89.9 Å². The van der Waals surface area contributed by atoms with Crippen LogP contribution in [-0.4, -0.2) is 34.8 Å². The number of hydrogen-bond acceptors (Lipinski definition) is 4. The first-order chi connectivity index (χ1) is 8.97. The van der Waals surface area contributed by atoms with Crippen molar-refractivity contribution >= 4 is 17.5 Å². The van der Waals surface area contributed by atoms with Gasteiger partial charge in [-0.05, 0) is 31.2 Å². The molecule has 2 amide bonds.